The molecule has 0 spiro atoms. The zero-order valence-corrected chi connectivity index (χ0v) is 17.2. The fourth-order valence-electron chi connectivity index (χ4n) is 1.81. The van der Waals surface area contributed by atoms with Crippen molar-refractivity contribution in [2.45, 2.75) is 79.4 Å². The van der Waals surface area contributed by atoms with Crippen molar-refractivity contribution in [3.8, 4) is 0 Å². The van der Waals surface area contributed by atoms with Gasteiger partial charge >= 0.3 is 12.2 Å². The van der Waals surface area contributed by atoms with Gasteiger partial charge in [-0.25, -0.2) is 9.59 Å². The second kappa shape index (κ2) is 10.3. The number of allylic oxidation sites excluding steroid dienone is 1. The fraction of sp³-hybridized carbons (Fsp3) is 0.789. The van der Waals surface area contributed by atoms with Crippen LogP contribution in [0.5, 0.6) is 0 Å². The maximum absolute atomic E-state index is 12.3. The topological polar surface area (TPSA) is 67.9 Å². The van der Waals surface area contributed by atoms with Gasteiger partial charge in [-0.1, -0.05) is 11.6 Å². The van der Waals surface area contributed by atoms with Gasteiger partial charge in [0.25, 0.3) is 0 Å². The summed E-state index contributed by atoms with van der Waals surface area (Å²) in [4.78, 5) is 25.5. The van der Waals surface area contributed by atoms with Gasteiger partial charge < -0.3 is 19.7 Å². The minimum Gasteiger partial charge on any atom is -0.444 e. The summed E-state index contributed by atoms with van der Waals surface area (Å²) in [5.74, 6) is 0. The summed E-state index contributed by atoms with van der Waals surface area (Å²) < 4.78 is 10.6. The Morgan fingerprint density at radius 2 is 1.52 bits per heavy atom. The summed E-state index contributed by atoms with van der Waals surface area (Å²) in [6, 6.07) is 0. The molecule has 0 bridgehead atoms. The molecule has 2 amide bonds. The van der Waals surface area contributed by atoms with E-state index in [1.54, 1.807) is 4.90 Å². The third-order valence-electron chi connectivity index (χ3n) is 2.89. The fourth-order valence-corrected chi connectivity index (χ4v) is 1.81. The number of nitrogens with one attached hydrogen (secondary N) is 1. The highest BCUT2D eigenvalue weighted by molar-refractivity contribution is 5.68. The van der Waals surface area contributed by atoms with Crippen LogP contribution in [0.2, 0.25) is 0 Å². The SMILES string of the molecule is CC(C)=CCN(CCCCNC(=O)OC(C)(C)C)C(=O)OC(C)(C)C. The molecule has 0 saturated carbocycles. The summed E-state index contributed by atoms with van der Waals surface area (Å²) in [6.45, 7) is 16.7. The number of rotatable bonds is 7. The van der Waals surface area contributed by atoms with E-state index in [-0.39, 0.29) is 6.09 Å². The summed E-state index contributed by atoms with van der Waals surface area (Å²) >= 11 is 0. The summed E-state index contributed by atoms with van der Waals surface area (Å²) in [7, 11) is 0. The van der Waals surface area contributed by atoms with Crippen molar-refractivity contribution in [1.82, 2.24) is 10.2 Å². The van der Waals surface area contributed by atoms with Gasteiger partial charge in [-0.15, -0.1) is 0 Å². The van der Waals surface area contributed by atoms with E-state index in [1.807, 2.05) is 61.5 Å². The standard InChI is InChI=1S/C19H36N2O4/c1-15(2)11-14-21(17(23)25-19(6,7)8)13-10-9-12-20-16(22)24-18(3,4)5/h11H,9-10,12-14H2,1-8H3,(H,20,22). The van der Waals surface area contributed by atoms with Crippen LogP contribution in [0, 0.1) is 0 Å². The van der Waals surface area contributed by atoms with Crippen LogP contribution in [0.4, 0.5) is 9.59 Å². The third kappa shape index (κ3) is 14.3. The first-order chi connectivity index (χ1) is 11.3. The van der Waals surface area contributed by atoms with Crippen LogP contribution in [-0.2, 0) is 9.47 Å². The number of alkyl carbamates (subject to hydrolysis) is 1. The largest absolute Gasteiger partial charge is 0.444 e. The van der Waals surface area contributed by atoms with E-state index in [0.29, 0.717) is 19.6 Å². The molecule has 1 N–H and O–H groups in total. The second-order valence-corrected chi connectivity index (χ2v) is 8.34. The molecular formula is C19H36N2O4. The molecule has 0 saturated heterocycles. The Hall–Kier alpha value is -1.72. The van der Waals surface area contributed by atoms with Crippen molar-refractivity contribution in [3.05, 3.63) is 11.6 Å². The van der Waals surface area contributed by atoms with Crippen LogP contribution in [-0.4, -0.2) is 47.9 Å². The van der Waals surface area contributed by atoms with Crippen LogP contribution in [0.1, 0.15) is 68.2 Å². The van der Waals surface area contributed by atoms with Gasteiger partial charge in [-0.3, -0.25) is 0 Å². The molecule has 0 atom stereocenters. The quantitative estimate of drug-likeness (QED) is 0.539. The third-order valence-corrected chi connectivity index (χ3v) is 2.89. The van der Waals surface area contributed by atoms with E-state index >= 15 is 0 Å². The summed E-state index contributed by atoms with van der Waals surface area (Å²) in [5, 5.41) is 2.72. The van der Waals surface area contributed by atoms with Crippen LogP contribution < -0.4 is 5.32 Å². The first kappa shape index (κ1) is 23.3. The molecule has 0 heterocycles. The van der Waals surface area contributed by atoms with Crippen molar-refractivity contribution in [2.24, 2.45) is 0 Å². The minimum atomic E-state index is -0.515. The van der Waals surface area contributed by atoms with Crippen molar-refractivity contribution >= 4 is 12.2 Å². The van der Waals surface area contributed by atoms with Crippen molar-refractivity contribution < 1.29 is 19.1 Å². The normalized spacial score (nSPS) is 11.5. The lowest BCUT2D eigenvalue weighted by Gasteiger charge is -2.27. The average Bonchev–Trinajstić information content (AvgIpc) is 2.37. The molecule has 0 aliphatic carbocycles. The van der Waals surface area contributed by atoms with E-state index in [4.69, 9.17) is 9.47 Å². The molecule has 6 heteroatoms. The predicted molar refractivity (Wildman–Crippen MR) is 101 cm³/mol. The highest BCUT2D eigenvalue weighted by Gasteiger charge is 2.21. The molecule has 0 radical (unpaired) electrons. The van der Waals surface area contributed by atoms with E-state index in [0.717, 1.165) is 18.4 Å². The predicted octanol–water partition coefficient (Wildman–Crippen LogP) is 4.49. The molecular weight excluding hydrogens is 320 g/mol. The molecule has 0 aliphatic rings. The first-order valence-corrected chi connectivity index (χ1v) is 8.88. The first-order valence-electron chi connectivity index (χ1n) is 8.88. The molecule has 0 fully saturated rings. The van der Waals surface area contributed by atoms with Gasteiger partial charge in [0.15, 0.2) is 0 Å². The van der Waals surface area contributed by atoms with Gasteiger partial charge in [0, 0.05) is 19.6 Å². The lowest BCUT2D eigenvalue weighted by molar-refractivity contribution is 0.0267. The van der Waals surface area contributed by atoms with Gasteiger partial charge in [0.1, 0.15) is 11.2 Å². The molecule has 0 unspecified atom stereocenters. The molecule has 0 aromatic heterocycles. The van der Waals surface area contributed by atoms with E-state index < -0.39 is 17.3 Å². The van der Waals surface area contributed by atoms with E-state index in [9.17, 15) is 9.59 Å². The monoisotopic (exact) mass is 356 g/mol. The van der Waals surface area contributed by atoms with Crippen LogP contribution in [0.25, 0.3) is 0 Å². The number of hydrogen-bond donors (Lipinski definition) is 1. The Balaban J connectivity index is 4.33. The van der Waals surface area contributed by atoms with E-state index in [2.05, 4.69) is 5.32 Å². The zero-order chi connectivity index (χ0) is 19.7. The van der Waals surface area contributed by atoms with Crippen molar-refractivity contribution in [2.75, 3.05) is 19.6 Å². The van der Waals surface area contributed by atoms with Gasteiger partial charge in [0.05, 0.1) is 0 Å². The van der Waals surface area contributed by atoms with Crippen molar-refractivity contribution in [1.29, 1.82) is 0 Å². The van der Waals surface area contributed by atoms with Crippen LogP contribution >= 0.6 is 0 Å². The summed E-state index contributed by atoms with van der Waals surface area (Å²) in [5.41, 5.74) is 0.140. The lowest BCUT2D eigenvalue weighted by Crippen LogP contribution is -2.38. The number of carbonyl (C=O) groups excluding carboxylic acids is 2. The zero-order valence-electron chi connectivity index (χ0n) is 17.2. The smallest absolute Gasteiger partial charge is 0.410 e. The number of carbonyl (C=O) groups is 2. The second-order valence-electron chi connectivity index (χ2n) is 8.34. The van der Waals surface area contributed by atoms with Gasteiger partial charge in [-0.05, 0) is 68.2 Å². The number of ether oxygens (including phenoxy) is 2. The Bertz CT molecular complexity index is 455. The molecule has 146 valence electrons. The molecule has 0 rings (SSSR count). The molecule has 0 aliphatic heterocycles. The number of hydrogen-bond acceptors (Lipinski definition) is 4. The molecule has 6 nitrogen and oxygen atoms in total. The average molecular weight is 357 g/mol. The maximum Gasteiger partial charge on any atom is 0.410 e. The number of unbranched alkanes of at least 4 members (excludes halogenated alkanes) is 1. The van der Waals surface area contributed by atoms with Crippen LogP contribution in [0.3, 0.4) is 0 Å². The van der Waals surface area contributed by atoms with E-state index in [1.165, 1.54) is 0 Å². The lowest BCUT2D eigenvalue weighted by atomic mass is 10.2. The molecule has 25 heavy (non-hydrogen) atoms. The Morgan fingerprint density at radius 3 is 2.00 bits per heavy atom. The van der Waals surface area contributed by atoms with Crippen LogP contribution in [0.15, 0.2) is 11.6 Å². The highest BCUT2D eigenvalue weighted by Crippen LogP contribution is 2.11. The van der Waals surface area contributed by atoms with Gasteiger partial charge in [0.2, 0.25) is 0 Å². The number of nitrogens with zero attached hydrogens (tertiary/aromatic N) is 1. The highest BCUT2D eigenvalue weighted by atomic mass is 16.6. The molecule has 0 aromatic carbocycles. The Kier molecular flexibility index (Phi) is 9.60. The van der Waals surface area contributed by atoms with Gasteiger partial charge in [-0.2, -0.15) is 0 Å². The summed E-state index contributed by atoms with van der Waals surface area (Å²) in [6.07, 6.45) is 2.80. The minimum absolute atomic E-state index is 0.315. The molecule has 0 aromatic rings. The Morgan fingerprint density at radius 1 is 0.960 bits per heavy atom. The van der Waals surface area contributed by atoms with Crippen molar-refractivity contribution in [3.63, 3.8) is 0 Å². The Labute approximate surface area is 152 Å². The number of amides is 2. The maximum atomic E-state index is 12.3.